The second-order valence-electron chi connectivity index (χ2n) is 4.51. The lowest BCUT2D eigenvalue weighted by Crippen LogP contribution is -2.23. The molecule has 3 atom stereocenters. The number of hydrogen-bond donors (Lipinski definition) is 2. The lowest BCUT2D eigenvalue weighted by atomic mass is 10.1. The molecule has 0 aromatic rings. The minimum atomic E-state index is -0.734. The van der Waals surface area contributed by atoms with Crippen LogP contribution in [-0.2, 0) is 9.53 Å². The lowest BCUT2D eigenvalue weighted by Gasteiger charge is -2.12. The van der Waals surface area contributed by atoms with Crippen molar-refractivity contribution in [2.45, 2.75) is 57.3 Å². The molecule has 0 aromatic carbocycles. The SMILES string of the molecule is CC[C@@H](O)CC/C=C\C=C\[C@H](O)[C@H]1CCC(=O)O1. The molecule has 0 aliphatic carbocycles. The standard InChI is InChI=1S/C14H22O4/c1-2-11(15)7-5-3-4-6-8-12(16)13-9-10-14(17)18-13/h3-4,6,8,11-13,15-16H,2,5,7,9-10H2,1H3/b4-3-,8-6+/t11-,12+,13-/m1/s1. The molecule has 0 spiro atoms. The van der Waals surface area contributed by atoms with Crippen LogP contribution in [0.15, 0.2) is 24.3 Å². The Labute approximate surface area is 108 Å². The number of aliphatic hydroxyl groups is 2. The van der Waals surface area contributed by atoms with Gasteiger partial charge >= 0.3 is 5.97 Å². The number of ether oxygens (including phenoxy) is 1. The van der Waals surface area contributed by atoms with Crippen LogP contribution in [0.4, 0.5) is 0 Å². The van der Waals surface area contributed by atoms with Crippen LogP contribution in [0.25, 0.3) is 0 Å². The van der Waals surface area contributed by atoms with Crippen LogP contribution in [0.1, 0.15) is 39.0 Å². The van der Waals surface area contributed by atoms with Gasteiger partial charge in [0, 0.05) is 6.42 Å². The zero-order chi connectivity index (χ0) is 13.4. The Kier molecular flexibility index (Phi) is 6.68. The van der Waals surface area contributed by atoms with Crippen LogP contribution in [0.3, 0.4) is 0 Å². The maximum atomic E-state index is 10.9. The Bertz CT molecular complexity index is 309. The van der Waals surface area contributed by atoms with Crippen molar-refractivity contribution in [1.82, 2.24) is 0 Å². The van der Waals surface area contributed by atoms with Crippen LogP contribution in [0.5, 0.6) is 0 Å². The highest BCUT2D eigenvalue weighted by Crippen LogP contribution is 2.17. The summed E-state index contributed by atoms with van der Waals surface area (Å²) in [4.78, 5) is 10.9. The molecule has 0 saturated carbocycles. The minimum Gasteiger partial charge on any atom is -0.459 e. The zero-order valence-electron chi connectivity index (χ0n) is 10.8. The minimum absolute atomic E-state index is 0.234. The number of cyclic esters (lactones) is 1. The van der Waals surface area contributed by atoms with E-state index in [2.05, 4.69) is 0 Å². The molecule has 0 aromatic heterocycles. The van der Waals surface area contributed by atoms with Crippen molar-refractivity contribution in [2.24, 2.45) is 0 Å². The summed E-state index contributed by atoms with van der Waals surface area (Å²) in [5.74, 6) is -0.239. The van der Waals surface area contributed by atoms with Crippen molar-refractivity contribution >= 4 is 5.97 Å². The van der Waals surface area contributed by atoms with Gasteiger partial charge in [-0.05, 0) is 25.7 Å². The van der Waals surface area contributed by atoms with E-state index in [9.17, 15) is 15.0 Å². The third-order valence-corrected chi connectivity index (χ3v) is 2.99. The summed E-state index contributed by atoms with van der Waals surface area (Å²) in [5, 5.41) is 19.0. The molecule has 102 valence electrons. The molecular weight excluding hydrogens is 232 g/mol. The number of hydrogen-bond acceptors (Lipinski definition) is 4. The van der Waals surface area contributed by atoms with E-state index >= 15 is 0 Å². The summed E-state index contributed by atoms with van der Waals surface area (Å²) in [6.45, 7) is 1.95. The molecule has 0 amide bonds. The predicted octanol–water partition coefficient (Wildman–Crippen LogP) is 1.72. The largest absolute Gasteiger partial charge is 0.459 e. The molecule has 1 rings (SSSR count). The van der Waals surface area contributed by atoms with Gasteiger partial charge in [0.2, 0.25) is 0 Å². The van der Waals surface area contributed by atoms with E-state index in [0.29, 0.717) is 12.8 Å². The van der Waals surface area contributed by atoms with E-state index in [-0.39, 0.29) is 12.1 Å². The molecule has 1 aliphatic heterocycles. The van der Waals surface area contributed by atoms with Gasteiger partial charge in [-0.3, -0.25) is 4.79 Å². The normalized spacial score (nSPS) is 23.7. The number of rotatable bonds is 7. The topological polar surface area (TPSA) is 66.8 Å². The fraction of sp³-hybridized carbons (Fsp3) is 0.643. The molecule has 1 fully saturated rings. The first kappa shape index (κ1) is 14.9. The van der Waals surface area contributed by atoms with Crippen molar-refractivity contribution in [2.75, 3.05) is 0 Å². The second-order valence-corrected chi connectivity index (χ2v) is 4.51. The van der Waals surface area contributed by atoms with Gasteiger partial charge in [-0.25, -0.2) is 0 Å². The highest BCUT2D eigenvalue weighted by molar-refractivity contribution is 5.71. The molecule has 0 unspecified atom stereocenters. The maximum absolute atomic E-state index is 10.9. The van der Waals surface area contributed by atoms with E-state index in [1.54, 1.807) is 12.2 Å². The van der Waals surface area contributed by atoms with Gasteiger partial charge in [-0.2, -0.15) is 0 Å². The Morgan fingerprint density at radius 2 is 2.22 bits per heavy atom. The fourth-order valence-corrected chi connectivity index (χ4v) is 1.76. The van der Waals surface area contributed by atoms with Crippen LogP contribution >= 0.6 is 0 Å². The Balaban J connectivity index is 2.19. The first-order valence-corrected chi connectivity index (χ1v) is 6.52. The summed E-state index contributed by atoms with van der Waals surface area (Å²) in [7, 11) is 0. The summed E-state index contributed by atoms with van der Waals surface area (Å²) in [6, 6.07) is 0. The van der Waals surface area contributed by atoms with Gasteiger partial charge in [0.1, 0.15) is 12.2 Å². The van der Waals surface area contributed by atoms with Gasteiger partial charge in [0.05, 0.1) is 6.10 Å². The maximum Gasteiger partial charge on any atom is 0.306 e. The summed E-state index contributed by atoms with van der Waals surface area (Å²) in [5.41, 5.74) is 0. The molecule has 1 saturated heterocycles. The number of carbonyl (C=O) groups excluding carboxylic acids is 1. The van der Waals surface area contributed by atoms with Gasteiger partial charge in [-0.1, -0.05) is 31.2 Å². The van der Waals surface area contributed by atoms with Crippen molar-refractivity contribution < 1.29 is 19.7 Å². The zero-order valence-corrected chi connectivity index (χ0v) is 10.8. The lowest BCUT2D eigenvalue weighted by molar-refractivity contribution is -0.144. The molecule has 18 heavy (non-hydrogen) atoms. The van der Waals surface area contributed by atoms with E-state index in [0.717, 1.165) is 19.3 Å². The molecule has 0 bridgehead atoms. The molecule has 4 heteroatoms. The van der Waals surface area contributed by atoms with Crippen molar-refractivity contribution in [1.29, 1.82) is 0 Å². The molecule has 4 nitrogen and oxygen atoms in total. The van der Waals surface area contributed by atoms with Crippen LogP contribution in [0.2, 0.25) is 0 Å². The molecule has 1 aliphatic rings. The number of esters is 1. The van der Waals surface area contributed by atoms with Gasteiger partial charge in [-0.15, -0.1) is 0 Å². The first-order valence-electron chi connectivity index (χ1n) is 6.52. The van der Waals surface area contributed by atoms with Gasteiger partial charge < -0.3 is 14.9 Å². The Morgan fingerprint density at radius 3 is 2.83 bits per heavy atom. The summed E-state index contributed by atoms with van der Waals surface area (Å²) < 4.78 is 4.95. The molecule has 2 N–H and O–H groups in total. The van der Waals surface area contributed by atoms with E-state index in [1.165, 1.54) is 0 Å². The number of carbonyl (C=O) groups is 1. The van der Waals surface area contributed by atoms with E-state index < -0.39 is 12.2 Å². The van der Waals surface area contributed by atoms with Crippen LogP contribution in [-0.4, -0.2) is 34.5 Å². The highest BCUT2D eigenvalue weighted by atomic mass is 16.6. The fourth-order valence-electron chi connectivity index (χ4n) is 1.76. The average molecular weight is 254 g/mol. The van der Waals surface area contributed by atoms with Crippen LogP contribution in [0, 0.1) is 0 Å². The van der Waals surface area contributed by atoms with Crippen molar-refractivity contribution in [3.8, 4) is 0 Å². The second kappa shape index (κ2) is 8.06. The Morgan fingerprint density at radius 1 is 1.44 bits per heavy atom. The van der Waals surface area contributed by atoms with Crippen molar-refractivity contribution in [3.63, 3.8) is 0 Å². The van der Waals surface area contributed by atoms with E-state index in [1.807, 2.05) is 19.1 Å². The molecule has 0 radical (unpaired) electrons. The monoisotopic (exact) mass is 254 g/mol. The average Bonchev–Trinajstić information content (AvgIpc) is 2.79. The first-order chi connectivity index (χ1) is 8.63. The Hall–Kier alpha value is -1.13. The van der Waals surface area contributed by atoms with Crippen LogP contribution < -0.4 is 0 Å². The third kappa shape index (κ3) is 5.47. The summed E-state index contributed by atoms with van der Waals surface area (Å²) in [6.07, 6.45) is 9.09. The highest BCUT2D eigenvalue weighted by Gasteiger charge is 2.27. The predicted molar refractivity (Wildman–Crippen MR) is 68.9 cm³/mol. The van der Waals surface area contributed by atoms with E-state index in [4.69, 9.17) is 4.74 Å². The van der Waals surface area contributed by atoms with Gasteiger partial charge in [0.25, 0.3) is 0 Å². The van der Waals surface area contributed by atoms with Gasteiger partial charge in [0.15, 0.2) is 0 Å². The van der Waals surface area contributed by atoms with Crippen molar-refractivity contribution in [3.05, 3.63) is 24.3 Å². The molecular formula is C14H22O4. The smallest absolute Gasteiger partial charge is 0.306 e. The number of aliphatic hydroxyl groups excluding tert-OH is 2. The number of allylic oxidation sites excluding steroid dienone is 3. The third-order valence-electron chi connectivity index (χ3n) is 2.99. The summed E-state index contributed by atoms with van der Waals surface area (Å²) >= 11 is 0. The quantitative estimate of drug-likeness (QED) is 0.536. The molecule has 1 heterocycles.